The summed E-state index contributed by atoms with van der Waals surface area (Å²) in [6.07, 6.45) is 1.56. The van der Waals surface area contributed by atoms with Crippen LogP contribution in [0.5, 0.6) is 11.5 Å². The molecule has 1 atom stereocenters. The molecule has 7 nitrogen and oxygen atoms in total. The van der Waals surface area contributed by atoms with Crippen LogP contribution in [0.4, 0.5) is 10.5 Å². The molecule has 7 heteroatoms. The molecule has 2 aromatic rings. The molecule has 154 valence electrons. The zero-order valence-corrected chi connectivity index (χ0v) is 16.8. The molecule has 0 spiro atoms. The van der Waals surface area contributed by atoms with Crippen molar-refractivity contribution in [3.05, 3.63) is 54.1 Å². The Balaban J connectivity index is 1.53. The number of carbonyl (C=O) groups excluding carboxylic acids is 2. The van der Waals surface area contributed by atoms with E-state index in [1.807, 2.05) is 36.4 Å². The number of nitrogens with one attached hydrogen (secondary N) is 2. The highest BCUT2D eigenvalue weighted by Crippen LogP contribution is 2.24. The predicted octanol–water partition coefficient (Wildman–Crippen LogP) is 3.26. The van der Waals surface area contributed by atoms with Crippen molar-refractivity contribution in [2.75, 3.05) is 32.6 Å². The van der Waals surface area contributed by atoms with E-state index in [1.165, 1.54) is 0 Å². The molecule has 2 N–H and O–H groups in total. The van der Waals surface area contributed by atoms with Crippen molar-refractivity contribution >= 4 is 17.6 Å². The minimum absolute atomic E-state index is 0.0318. The van der Waals surface area contributed by atoms with Gasteiger partial charge in [-0.3, -0.25) is 4.79 Å². The SMILES string of the molecule is COc1ccc(CNC(=O)[C@H]2CCCN(C(=O)Nc3ccccc3OC)C2)cc1. The van der Waals surface area contributed by atoms with Gasteiger partial charge in [0.05, 0.1) is 25.8 Å². The predicted molar refractivity (Wildman–Crippen MR) is 111 cm³/mol. The molecule has 3 rings (SSSR count). The maximum atomic E-state index is 12.7. The van der Waals surface area contributed by atoms with Gasteiger partial charge in [0.1, 0.15) is 11.5 Å². The van der Waals surface area contributed by atoms with Crippen LogP contribution in [0.2, 0.25) is 0 Å². The average Bonchev–Trinajstić information content (AvgIpc) is 2.78. The lowest BCUT2D eigenvalue weighted by Gasteiger charge is -2.32. The van der Waals surface area contributed by atoms with Crippen molar-refractivity contribution < 1.29 is 19.1 Å². The summed E-state index contributed by atoms with van der Waals surface area (Å²) >= 11 is 0. The fourth-order valence-electron chi connectivity index (χ4n) is 3.39. The lowest BCUT2D eigenvalue weighted by atomic mass is 9.97. The van der Waals surface area contributed by atoms with E-state index < -0.39 is 0 Å². The van der Waals surface area contributed by atoms with E-state index in [2.05, 4.69) is 10.6 Å². The second-order valence-electron chi connectivity index (χ2n) is 6.98. The van der Waals surface area contributed by atoms with Gasteiger partial charge < -0.3 is 25.0 Å². The van der Waals surface area contributed by atoms with E-state index >= 15 is 0 Å². The quantitative estimate of drug-likeness (QED) is 0.784. The third kappa shape index (κ3) is 5.40. The highest BCUT2D eigenvalue weighted by Gasteiger charge is 2.28. The van der Waals surface area contributed by atoms with Gasteiger partial charge in [0.25, 0.3) is 0 Å². The molecule has 1 heterocycles. The fourth-order valence-corrected chi connectivity index (χ4v) is 3.39. The van der Waals surface area contributed by atoms with Gasteiger partial charge in [0.15, 0.2) is 0 Å². The zero-order chi connectivity index (χ0) is 20.6. The van der Waals surface area contributed by atoms with Gasteiger partial charge in [-0.1, -0.05) is 24.3 Å². The number of likely N-dealkylation sites (tertiary alicyclic amines) is 1. The Morgan fingerprint density at radius 1 is 1.07 bits per heavy atom. The molecule has 0 bridgehead atoms. The number of amides is 3. The zero-order valence-electron chi connectivity index (χ0n) is 16.8. The Hall–Kier alpha value is -3.22. The molecular weight excluding hydrogens is 370 g/mol. The Morgan fingerprint density at radius 2 is 1.83 bits per heavy atom. The van der Waals surface area contributed by atoms with Gasteiger partial charge in [-0.2, -0.15) is 0 Å². The molecule has 0 saturated carbocycles. The molecule has 1 saturated heterocycles. The largest absolute Gasteiger partial charge is 0.497 e. The normalized spacial score (nSPS) is 16.1. The highest BCUT2D eigenvalue weighted by molar-refractivity contribution is 5.91. The van der Waals surface area contributed by atoms with E-state index in [9.17, 15) is 9.59 Å². The molecule has 3 amide bonds. The minimum Gasteiger partial charge on any atom is -0.497 e. The van der Waals surface area contributed by atoms with Gasteiger partial charge in [0, 0.05) is 19.6 Å². The van der Waals surface area contributed by atoms with Crippen molar-refractivity contribution in [2.45, 2.75) is 19.4 Å². The van der Waals surface area contributed by atoms with Crippen molar-refractivity contribution in [1.29, 1.82) is 0 Å². The maximum Gasteiger partial charge on any atom is 0.321 e. The van der Waals surface area contributed by atoms with Crippen LogP contribution in [0, 0.1) is 5.92 Å². The van der Waals surface area contributed by atoms with E-state index in [0.717, 1.165) is 24.2 Å². The molecule has 0 aliphatic carbocycles. The third-order valence-electron chi connectivity index (χ3n) is 5.05. The van der Waals surface area contributed by atoms with Gasteiger partial charge in [-0.15, -0.1) is 0 Å². The number of benzene rings is 2. The minimum atomic E-state index is -0.220. The number of hydrogen-bond donors (Lipinski definition) is 2. The third-order valence-corrected chi connectivity index (χ3v) is 5.05. The standard InChI is InChI=1S/C22H27N3O4/c1-28-18-11-9-16(10-12-18)14-23-21(26)17-6-5-13-25(15-17)22(27)24-19-7-3-4-8-20(19)29-2/h3-4,7-12,17H,5-6,13-15H2,1-2H3,(H,23,26)(H,24,27)/t17-/m0/s1. The first-order chi connectivity index (χ1) is 14.1. The number of hydrogen-bond acceptors (Lipinski definition) is 4. The van der Waals surface area contributed by atoms with Crippen LogP contribution in [-0.4, -0.2) is 44.1 Å². The molecule has 1 aliphatic heterocycles. The number of ether oxygens (including phenoxy) is 2. The monoisotopic (exact) mass is 397 g/mol. The summed E-state index contributed by atoms with van der Waals surface area (Å²) in [6, 6.07) is 14.6. The maximum absolute atomic E-state index is 12.7. The number of urea groups is 1. The molecular formula is C22H27N3O4. The first-order valence-electron chi connectivity index (χ1n) is 9.70. The molecule has 1 fully saturated rings. The first-order valence-corrected chi connectivity index (χ1v) is 9.70. The summed E-state index contributed by atoms with van der Waals surface area (Å²) in [5.74, 6) is 1.14. The lowest BCUT2D eigenvalue weighted by Crippen LogP contribution is -2.46. The number of carbonyl (C=O) groups is 2. The molecule has 2 aromatic carbocycles. The van der Waals surface area contributed by atoms with E-state index in [1.54, 1.807) is 31.3 Å². The average molecular weight is 397 g/mol. The van der Waals surface area contributed by atoms with Gasteiger partial charge in [-0.05, 0) is 42.7 Å². The van der Waals surface area contributed by atoms with Crippen LogP contribution < -0.4 is 20.1 Å². The molecule has 0 unspecified atom stereocenters. The van der Waals surface area contributed by atoms with Gasteiger partial charge in [-0.25, -0.2) is 4.79 Å². The van der Waals surface area contributed by atoms with E-state index in [4.69, 9.17) is 9.47 Å². The molecule has 1 aliphatic rings. The summed E-state index contributed by atoms with van der Waals surface area (Å²) < 4.78 is 10.4. The summed E-state index contributed by atoms with van der Waals surface area (Å²) in [4.78, 5) is 27.0. The van der Waals surface area contributed by atoms with Crippen molar-refractivity contribution in [1.82, 2.24) is 10.2 Å². The Labute approximate surface area is 171 Å². The summed E-state index contributed by atoms with van der Waals surface area (Å²) in [6.45, 7) is 1.48. The Bertz CT molecular complexity index is 838. The topological polar surface area (TPSA) is 79.9 Å². The molecule has 0 aromatic heterocycles. The first kappa shape index (κ1) is 20.5. The Morgan fingerprint density at radius 3 is 2.55 bits per heavy atom. The van der Waals surface area contributed by atoms with Gasteiger partial charge >= 0.3 is 6.03 Å². The van der Waals surface area contributed by atoms with Crippen molar-refractivity contribution in [3.8, 4) is 11.5 Å². The van der Waals surface area contributed by atoms with Crippen LogP contribution in [0.25, 0.3) is 0 Å². The van der Waals surface area contributed by atoms with E-state index in [-0.39, 0.29) is 17.9 Å². The van der Waals surface area contributed by atoms with Crippen LogP contribution in [0.1, 0.15) is 18.4 Å². The second kappa shape index (κ2) is 9.82. The van der Waals surface area contributed by atoms with Crippen LogP contribution >= 0.6 is 0 Å². The fraction of sp³-hybridized carbons (Fsp3) is 0.364. The van der Waals surface area contributed by atoms with Crippen LogP contribution in [0.3, 0.4) is 0 Å². The summed E-state index contributed by atoms with van der Waals surface area (Å²) in [5.41, 5.74) is 1.62. The van der Waals surface area contributed by atoms with Gasteiger partial charge in [0.2, 0.25) is 5.91 Å². The summed E-state index contributed by atoms with van der Waals surface area (Å²) in [7, 11) is 3.19. The van der Waals surface area contributed by atoms with Crippen molar-refractivity contribution in [3.63, 3.8) is 0 Å². The molecule has 0 radical (unpaired) electrons. The van der Waals surface area contributed by atoms with Crippen LogP contribution in [0.15, 0.2) is 48.5 Å². The number of para-hydroxylation sites is 2. The number of nitrogens with zero attached hydrogens (tertiary/aromatic N) is 1. The number of methoxy groups -OCH3 is 2. The van der Waals surface area contributed by atoms with Crippen LogP contribution in [-0.2, 0) is 11.3 Å². The number of piperidine rings is 1. The lowest BCUT2D eigenvalue weighted by molar-refractivity contribution is -0.126. The highest BCUT2D eigenvalue weighted by atomic mass is 16.5. The second-order valence-corrected chi connectivity index (χ2v) is 6.98. The van der Waals surface area contributed by atoms with E-state index in [0.29, 0.717) is 31.1 Å². The Kier molecular flexibility index (Phi) is 6.94. The number of anilines is 1. The molecule has 29 heavy (non-hydrogen) atoms. The smallest absolute Gasteiger partial charge is 0.321 e. The number of rotatable bonds is 6. The van der Waals surface area contributed by atoms with Crippen molar-refractivity contribution in [2.24, 2.45) is 5.92 Å². The summed E-state index contributed by atoms with van der Waals surface area (Å²) in [5, 5.41) is 5.85.